The summed E-state index contributed by atoms with van der Waals surface area (Å²) in [6, 6.07) is 9.94. The van der Waals surface area contributed by atoms with Crippen LogP contribution in [0.1, 0.15) is 76.6 Å². The van der Waals surface area contributed by atoms with Crippen molar-refractivity contribution in [1.82, 2.24) is 15.6 Å². The number of halogens is 2. The van der Waals surface area contributed by atoms with E-state index in [4.69, 9.17) is 14.2 Å². The van der Waals surface area contributed by atoms with Crippen molar-refractivity contribution in [3.05, 3.63) is 87.6 Å². The van der Waals surface area contributed by atoms with Crippen LogP contribution in [0.4, 0.5) is 19.3 Å². The van der Waals surface area contributed by atoms with Crippen molar-refractivity contribution in [2.45, 2.75) is 52.7 Å². The number of hydrogen-bond acceptors (Lipinski definition) is 9. The Kier molecular flexibility index (Phi) is 10.8. The zero-order chi connectivity index (χ0) is 36.2. The first kappa shape index (κ1) is 35.9. The van der Waals surface area contributed by atoms with Crippen molar-refractivity contribution in [1.29, 1.82) is 0 Å². The van der Waals surface area contributed by atoms with Gasteiger partial charge in [-0.3, -0.25) is 9.59 Å². The molecule has 0 atom stereocenters. The second-order valence-electron chi connectivity index (χ2n) is 12.3. The third-order valence-corrected chi connectivity index (χ3v) is 8.51. The minimum absolute atomic E-state index is 0.0280. The van der Waals surface area contributed by atoms with Crippen LogP contribution >= 0.6 is 11.3 Å². The van der Waals surface area contributed by atoms with Gasteiger partial charge in [0.15, 0.2) is 5.69 Å². The second kappa shape index (κ2) is 15.0. The summed E-state index contributed by atoms with van der Waals surface area (Å²) in [5.74, 6) is -3.69. The molecule has 3 heterocycles. The number of thiophene rings is 1. The van der Waals surface area contributed by atoms with Gasteiger partial charge in [-0.05, 0) is 80.6 Å². The molecule has 5 rings (SSSR count). The fourth-order valence-corrected chi connectivity index (χ4v) is 6.21. The highest BCUT2D eigenvalue weighted by Crippen LogP contribution is 2.43. The number of esters is 1. The van der Waals surface area contributed by atoms with Gasteiger partial charge in [0.2, 0.25) is 0 Å². The number of carbonyl (C=O) groups is 4. The molecule has 0 spiro atoms. The first-order valence-electron chi connectivity index (χ1n) is 15.8. The molecule has 0 fully saturated rings. The van der Waals surface area contributed by atoms with Gasteiger partial charge in [0.1, 0.15) is 28.7 Å². The molecule has 3 amide bonds. The molecule has 262 valence electrons. The molecule has 11 nitrogen and oxygen atoms in total. The molecule has 0 bridgehead atoms. The number of benzene rings is 2. The topological polar surface area (TPSA) is 145 Å². The molecule has 0 unspecified atom stereocenters. The molecule has 1 aliphatic rings. The van der Waals surface area contributed by atoms with E-state index in [0.717, 1.165) is 22.6 Å². The van der Waals surface area contributed by atoms with E-state index in [0.29, 0.717) is 37.3 Å². The monoisotopic (exact) mass is 706 g/mol. The first-order valence-corrected chi connectivity index (χ1v) is 16.7. The Morgan fingerprint density at radius 3 is 2.38 bits per heavy atom. The summed E-state index contributed by atoms with van der Waals surface area (Å²) in [5.41, 5.74) is 0.335. The largest absolute Gasteiger partial charge is 0.493 e. The summed E-state index contributed by atoms with van der Waals surface area (Å²) >= 11 is 1.46. The van der Waals surface area contributed by atoms with E-state index in [-0.39, 0.29) is 33.8 Å². The van der Waals surface area contributed by atoms with E-state index in [1.54, 1.807) is 32.9 Å². The maximum Gasteiger partial charge on any atom is 0.407 e. The highest BCUT2D eigenvalue weighted by atomic mass is 32.1. The summed E-state index contributed by atoms with van der Waals surface area (Å²) in [6.45, 7) is 7.12. The molecule has 0 aliphatic carbocycles. The third-order valence-electron chi connectivity index (χ3n) is 7.52. The van der Waals surface area contributed by atoms with Crippen LogP contribution in [0.3, 0.4) is 0 Å². The minimum Gasteiger partial charge on any atom is -0.493 e. The van der Waals surface area contributed by atoms with Crippen molar-refractivity contribution in [2.75, 3.05) is 25.6 Å². The summed E-state index contributed by atoms with van der Waals surface area (Å²) < 4.78 is 46.5. The number of nitrogens with one attached hydrogen (secondary N) is 3. The number of amides is 3. The Labute approximate surface area is 291 Å². The standard InChI is InChI=1S/C36H36F2N4O7S/c1-6-11-39-33(44)28-8-7-21(30(42-28)34(45)47-5)22-17-29-24(31-19(9-12-48-29)10-13-50-31)16-23(22)32(43)41-20-14-26(37)25(27(38)15-20)18-40-35(46)49-36(2,3)4/h7-8,10,13-17H,6,9,11-12,18H2,1-5H3,(H,39,44)(H,40,46)(H,41,43). The molecule has 2 aromatic heterocycles. The zero-order valence-electron chi connectivity index (χ0n) is 28.1. The summed E-state index contributed by atoms with van der Waals surface area (Å²) in [4.78, 5) is 57.1. The molecule has 0 saturated heterocycles. The van der Waals surface area contributed by atoms with E-state index in [1.807, 2.05) is 18.4 Å². The predicted octanol–water partition coefficient (Wildman–Crippen LogP) is 6.89. The average Bonchev–Trinajstić information content (AvgIpc) is 3.46. The van der Waals surface area contributed by atoms with Gasteiger partial charge >= 0.3 is 12.1 Å². The first-order chi connectivity index (χ1) is 23.8. The number of methoxy groups -OCH3 is 1. The highest BCUT2D eigenvalue weighted by Gasteiger charge is 2.27. The molecule has 2 aromatic carbocycles. The van der Waals surface area contributed by atoms with Crippen LogP contribution < -0.4 is 20.7 Å². The number of carbonyl (C=O) groups excluding carboxylic acids is 4. The number of aromatic nitrogens is 1. The van der Waals surface area contributed by atoms with Crippen molar-refractivity contribution < 1.29 is 42.2 Å². The molecular weight excluding hydrogens is 670 g/mol. The van der Waals surface area contributed by atoms with E-state index < -0.39 is 53.2 Å². The molecule has 0 radical (unpaired) electrons. The lowest BCUT2D eigenvalue weighted by Gasteiger charge is -2.20. The van der Waals surface area contributed by atoms with Gasteiger partial charge in [-0.15, -0.1) is 11.3 Å². The number of fused-ring (bicyclic) bond motifs is 3. The molecule has 14 heteroatoms. The SMILES string of the molecule is CCCNC(=O)c1ccc(-c2cc3c(cc2C(=O)Nc2cc(F)c(CNC(=O)OC(C)(C)C)c(F)c2)-c2sccc2CCO3)c(C(=O)OC)n1. The molecule has 4 aromatic rings. The fraction of sp³-hybridized carbons (Fsp3) is 0.306. The number of nitrogens with zero attached hydrogens (tertiary/aromatic N) is 1. The lowest BCUT2D eigenvalue weighted by atomic mass is 9.93. The van der Waals surface area contributed by atoms with Gasteiger partial charge in [0.05, 0.1) is 20.3 Å². The quantitative estimate of drug-likeness (QED) is 0.160. The number of rotatable bonds is 9. The maximum absolute atomic E-state index is 15.2. The van der Waals surface area contributed by atoms with Crippen LogP contribution in [0.15, 0.2) is 47.8 Å². The lowest BCUT2D eigenvalue weighted by molar-refractivity contribution is 0.0521. The normalized spacial score (nSPS) is 12.1. The van der Waals surface area contributed by atoms with Crippen LogP contribution in [0.2, 0.25) is 0 Å². The Hall–Kier alpha value is -5.37. The number of pyridine rings is 1. The average molecular weight is 707 g/mol. The van der Waals surface area contributed by atoms with Crippen molar-refractivity contribution in [2.24, 2.45) is 0 Å². The Morgan fingerprint density at radius 1 is 0.960 bits per heavy atom. The van der Waals surface area contributed by atoms with Crippen LogP contribution in [0.25, 0.3) is 21.6 Å². The Balaban J connectivity index is 1.56. The maximum atomic E-state index is 15.2. The van der Waals surface area contributed by atoms with Gasteiger partial charge in [0, 0.05) is 51.3 Å². The van der Waals surface area contributed by atoms with E-state index >= 15 is 8.78 Å². The lowest BCUT2D eigenvalue weighted by Crippen LogP contribution is -2.32. The van der Waals surface area contributed by atoms with E-state index in [9.17, 15) is 19.2 Å². The highest BCUT2D eigenvalue weighted by molar-refractivity contribution is 7.13. The molecule has 50 heavy (non-hydrogen) atoms. The third kappa shape index (κ3) is 8.08. The van der Waals surface area contributed by atoms with Gasteiger partial charge in [-0.25, -0.2) is 23.4 Å². The van der Waals surface area contributed by atoms with E-state index in [2.05, 4.69) is 20.9 Å². The molecule has 3 N–H and O–H groups in total. The summed E-state index contributed by atoms with van der Waals surface area (Å²) in [5, 5.41) is 9.53. The van der Waals surface area contributed by atoms with Crippen LogP contribution in [-0.4, -0.2) is 54.7 Å². The fourth-order valence-electron chi connectivity index (χ4n) is 5.23. The van der Waals surface area contributed by atoms with Crippen LogP contribution in [-0.2, 0) is 22.4 Å². The predicted molar refractivity (Wildman–Crippen MR) is 184 cm³/mol. The number of hydrogen-bond donors (Lipinski definition) is 3. The van der Waals surface area contributed by atoms with Crippen molar-refractivity contribution >= 4 is 40.9 Å². The zero-order valence-corrected chi connectivity index (χ0v) is 28.9. The van der Waals surface area contributed by atoms with Gasteiger partial charge in [-0.1, -0.05) is 6.92 Å². The number of ether oxygens (including phenoxy) is 3. The minimum atomic E-state index is -1.01. The van der Waals surface area contributed by atoms with Crippen molar-refractivity contribution in [3.8, 4) is 27.3 Å². The van der Waals surface area contributed by atoms with Gasteiger partial charge < -0.3 is 30.2 Å². The smallest absolute Gasteiger partial charge is 0.407 e. The second-order valence-corrected chi connectivity index (χ2v) is 13.3. The van der Waals surface area contributed by atoms with Crippen molar-refractivity contribution in [3.63, 3.8) is 0 Å². The van der Waals surface area contributed by atoms with Crippen LogP contribution in [0, 0.1) is 11.6 Å². The Morgan fingerprint density at radius 2 is 1.70 bits per heavy atom. The van der Waals surface area contributed by atoms with Crippen LogP contribution in [0.5, 0.6) is 5.75 Å². The van der Waals surface area contributed by atoms with Gasteiger partial charge in [-0.2, -0.15) is 0 Å². The summed E-state index contributed by atoms with van der Waals surface area (Å²) in [6.07, 6.45) is 0.458. The van der Waals surface area contributed by atoms with E-state index in [1.165, 1.54) is 30.6 Å². The number of anilines is 1. The number of alkyl carbamates (subject to hydrolysis) is 1. The summed E-state index contributed by atoms with van der Waals surface area (Å²) in [7, 11) is 1.17. The molecular formula is C36H36F2N4O7S. The van der Waals surface area contributed by atoms with Gasteiger partial charge in [0.25, 0.3) is 11.8 Å². The molecule has 0 saturated carbocycles. The Bertz CT molecular complexity index is 1950. The molecule has 1 aliphatic heterocycles.